The number of carbonyl (C=O) groups is 2. The fourth-order valence-corrected chi connectivity index (χ4v) is 4.31. The SMILES string of the molecule is O=C(CC1CCCCC1)NCc1nc([C@@H]2CC(=O)N(Cc3ccc(F)cc3)C2)no1. The lowest BCUT2D eigenvalue weighted by Crippen LogP contribution is -2.26. The highest BCUT2D eigenvalue weighted by atomic mass is 19.1. The maximum atomic E-state index is 13.1. The van der Waals surface area contributed by atoms with Gasteiger partial charge in [-0.15, -0.1) is 0 Å². The van der Waals surface area contributed by atoms with Gasteiger partial charge in [-0.25, -0.2) is 4.39 Å². The summed E-state index contributed by atoms with van der Waals surface area (Å²) >= 11 is 0. The van der Waals surface area contributed by atoms with E-state index in [-0.39, 0.29) is 30.1 Å². The molecule has 1 N–H and O–H groups in total. The summed E-state index contributed by atoms with van der Waals surface area (Å²) < 4.78 is 18.3. The summed E-state index contributed by atoms with van der Waals surface area (Å²) in [7, 11) is 0. The Bertz CT molecular complexity index is 877. The van der Waals surface area contributed by atoms with Gasteiger partial charge in [0.25, 0.3) is 0 Å². The van der Waals surface area contributed by atoms with Crippen molar-refractivity contribution >= 4 is 11.8 Å². The van der Waals surface area contributed by atoms with Gasteiger partial charge in [-0.3, -0.25) is 9.59 Å². The van der Waals surface area contributed by atoms with Gasteiger partial charge in [0.15, 0.2) is 5.82 Å². The zero-order valence-corrected chi connectivity index (χ0v) is 17.0. The van der Waals surface area contributed by atoms with E-state index in [9.17, 15) is 14.0 Å². The average molecular weight is 414 g/mol. The lowest BCUT2D eigenvalue weighted by atomic mass is 9.87. The number of amides is 2. The molecule has 8 heteroatoms. The number of halogens is 1. The summed E-state index contributed by atoms with van der Waals surface area (Å²) in [5.41, 5.74) is 0.875. The fraction of sp³-hybridized carbons (Fsp3) is 0.545. The number of nitrogens with zero attached hydrogens (tertiary/aromatic N) is 3. The molecular formula is C22H27FN4O3. The molecule has 0 bridgehead atoms. The van der Waals surface area contributed by atoms with Crippen LogP contribution in [0.25, 0.3) is 0 Å². The molecule has 7 nitrogen and oxygen atoms in total. The summed E-state index contributed by atoms with van der Waals surface area (Å²) in [6.45, 7) is 1.12. The van der Waals surface area contributed by atoms with Crippen molar-refractivity contribution in [3.05, 3.63) is 47.4 Å². The molecule has 30 heavy (non-hydrogen) atoms. The van der Waals surface area contributed by atoms with Crippen molar-refractivity contribution in [3.63, 3.8) is 0 Å². The highest BCUT2D eigenvalue weighted by Crippen LogP contribution is 2.28. The zero-order chi connectivity index (χ0) is 20.9. The number of carbonyl (C=O) groups excluding carboxylic acids is 2. The van der Waals surface area contributed by atoms with E-state index in [1.165, 1.54) is 31.4 Å². The molecule has 1 aromatic heterocycles. The Morgan fingerprint density at radius 3 is 2.73 bits per heavy atom. The molecule has 1 aliphatic carbocycles. The topological polar surface area (TPSA) is 88.3 Å². The van der Waals surface area contributed by atoms with E-state index in [2.05, 4.69) is 15.5 Å². The van der Waals surface area contributed by atoms with Crippen molar-refractivity contribution in [1.82, 2.24) is 20.4 Å². The molecule has 2 amide bonds. The van der Waals surface area contributed by atoms with E-state index in [1.54, 1.807) is 17.0 Å². The van der Waals surface area contributed by atoms with Crippen LogP contribution in [-0.2, 0) is 22.7 Å². The van der Waals surface area contributed by atoms with Crippen molar-refractivity contribution in [2.45, 2.75) is 64.0 Å². The van der Waals surface area contributed by atoms with Gasteiger partial charge in [0.2, 0.25) is 17.7 Å². The van der Waals surface area contributed by atoms with E-state index in [4.69, 9.17) is 4.52 Å². The van der Waals surface area contributed by atoms with Gasteiger partial charge >= 0.3 is 0 Å². The van der Waals surface area contributed by atoms with Gasteiger partial charge in [0, 0.05) is 31.8 Å². The third-order valence-electron chi connectivity index (χ3n) is 5.99. The van der Waals surface area contributed by atoms with Crippen LogP contribution in [0.3, 0.4) is 0 Å². The van der Waals surface area contributed by atoms with Gasteiger partial charge in [-0.1, -0.05) is 36.6 Å². The molecule has 0 unspecified atom stereocenters. The summed E-state index contributed by atoms with van der Waals surface area (Å²) in [6, 6.07) is 6.14. The molecule has 0 spiro atoms. The average Bonchev–Trinajstić information content (AvgIpc) is 3.36. The smallest absolute Gasteiger partial charge is 0.246 e. The molecule has 2 heterocycles. The maximum absolute atomic E-state index is 13.1. The molecule has 0 radical (unpaired) electrons. The minimum Gasteiger partial charge on any atom is -0.347 e. The lowest BCUT2D eigenvalue weighted by Gasteiger charge is -2.20. The van der Waals surface area contributed by atoms with E-state index >= 15 is 0 Å². The fourth-order valence-electron chi connectivity index (χ4n) is 4.31. The third-order valence-corrected chi connectivity index (χ3v) is 5.99. The van der Waals surface area contributed by atoms with Crippen LogP contribution in [0.5, 0.6) is 0 Å². The van der Waals surface area contributed by atoms with Crippen molar-refractivity contribution in [3.8, 4) is 0 Å². The monoisotopic (exact) mass is 414 g/mol. The zero-order valence-electron chi connectivity index (χ0n) is 17.0. The Morgan fingerprint density at radius 1 is 1.20 bits per heavy atom. The van der Waals surface area contributed by atoms with Gasteiger partial charge in [0.05, 0.1) is 6.54 Å². The molecule has 2 fully saturated rings. The van der Waals surface area contributed by atoms with Crippen LogP contribution >= 0.6 is 0 Å². The standard InChI is InChI=1S/C22H27FN4O3/c23-18-8-6-16(7-9-18)13-27-14-17(11-21(27)29)22-25-20(30-26-22)12-24-19(28)10-15-4-2-1-3-5-15/h6-9,15,17H,1-5,10-14H2,(H,24,28)/t17-/m1/s1. The second-order valence-corrected chi connectivity index (χ2v) is 8.33. The van der Waals surface area contributed by atoms with E-state index in [0.29, 0.717) is 43.6 Å². The second kappa shape index (κ2) is 9.36. The number of rotatable bonds is 7. The first kappa shape index (κ1) is 20.5. The quantitative estimate of drug-likeness (QED) is 0.751. The molecule has 1 saturated carbocycles. The number of aromatic nitrogens is 2. The number of hydrogen-bond acceptors (Lipinski definition) is 5. The molecule has 1 atom stereocenters. The van der Waals surface area contributed by atoms with Gasteiger partial charge in [-0.2, -0.15) is 4.98 Å². The third kappa shape index (κ3) is 5.23. The molecule has 1 aliphatic heterocycles. The summed E-state index contributed by atoms with van der Waals surface area (Å²) in [5.74, 6) is 0.907. The van der Waals surface area contributed by atoms with Crippen molar-refractivity contribution in [2.24, 2.45) is 5.92 Å². The Balaban J connectivity index is 1.26. The largest absolute Gasteiger partial charge is 0.347 e. The van der Waals surface area contributed by atoms with Crippen LogP contribution in [0.2, 0.25) is 0 Å². The van der Waals surface area contributed by atoms with Gasteiger partial charge < -0.3 is 14.7 Å². The number of hydrogen-bond donors (Lipinski definition) is 1. The first-order valence-corrected chi connectivity index (χ1v) is 10.7. The molecule has 160 valence electrons. The lowest BCUT2D eigenvalue weighted by molar-refractivity contribution is -0.128. The summed E-state index contributed by atoms with van der Waals surface area (Å²) in [4.78, 5) is 30.6. The molecule has 4 rings (SSSR count). The first-order chi connectivity index (χ1) is 14.6. The summed E-state index contributed by atoms with van der Waals surface area (Å²) in [6.07, 6.45) is 6.82. The van der Waals surface area contributed by atoms with Crippen molar-refractivity contribution in [2.75, 3.05) is 6.54 Å². The van der Waals surface area contributed by atoms with Crippen LogP contribution in [-0.4, -0.2) is 33.4 Å². The summed E-state index contributed by atoms with van der Waals surface area (Å²) in [5, 5.41) is 6.88. The molecular weight excluding hydrogens is 387 g/mol. The number of nitrogens with one attached hydrogen (secondary N) is 1. The number of benzene rings is 1. The predicted molar refractivity (Wildman–Crippen MR) is 107 cm³/mol. The molecule has 2 aliphatic rings. The van der Waals surface area contributed by atoms with E-state index in [0.717, 1.165) is 18.4 Å². The number of likely N-dealkylation sites (tertiary alicyclic amines) is 1. The minimum atomic E-state index is -0.297. The Hall–Kier alpha value is -2.77. The molecule has 2 aromatic rings. The van der Waals surface area contributed by atoms with Crippen molar-refractivity contribution in [1.29, 1.82) is 0 Å². The molecule has 1 aromatic carbocycles. The Kier molecular flexibility index (Phi) is 6.40. The molecule has 1 saturated heterocycles. The van der Waals surface area contributed by atoms with Crippen molar-refractivity contribution < 1.29 is 18.5 Å². The van der Waals surface area contributed by atoms with Crippen LogP contribution in [0, 0.1) is 11.7 Å². The van der Waals surface area contributed by atoms with E-state index in [1.807, 2.05) is 0 Å². The first-order valence-electron chi connectivity index (χ1n) is 10.7. The van der Waals surface area contributed by atoms with Crippen LogP contribution in [0.15, 0.2) is 28.8 Å². The Labute approximate surface area is 175 Å². The maximum Gasteiger partial charge on any atom is 0.246 e. The normalized spacial score (nSPS) is 20.0. The predicted octanol–water partition coefficient (Wildman–Crippen LogP) is 3.31. The van der Waals surface area contributed by atoms with Gasteiger partial charge in [-0.05, 0) is 36.5 Å². The van der Waals surface area contributed by atoms with Crippen LogP contribution in [0.1, 0.15) is 68.1 Å². The van der Waals surface area contributed by atoms with Crippen LogP contribution in [0.4, 0.5) is 4.39 Å². The second-order valence-electron chi connectivity index (χ2n) is 8.33. The minimum absolute atomic E-state index is 0.0106. The highest BCUT2D eigenvalue weighted by Gasteiger charge is 2.33. The van der Waals surface area contributed by atoms with Gasteiger partial charge in [0.1, 0.15) is 5.82 Å². The Morgan fingerprint density at radius 2 is 1.97 bits per heavy atom. The highest BCUT2D eigenvalue weighted by molar-refractivity contribution is 5.79. The van der Waals surface area contributed by atoms with Crippen LogP contribution < -0.4 is 5.32 Å². The van der Waals surface area contributed by atoms with E-state index < -0.39 is 0 Å².